The van der Waals surface area contributed by atoms with Crippen LogP contribution in [0.5, 0.6) is 0 Å². The van der Waals surface area contributed by atoms with Gasteiger partial charge in [-0.3, -0.25) is 14.8 Å². The number of nitrogens with zero attached hydrogens (tertiary/aromatic N) is 3. The number of anilines is 2. The molecule has 0 aliphatic carbocycles. The molecule has 182 valence electrons. The van der Waals surface area contributed by atoms with Gasteiger partial charge in [-0.2, -0.15) is 0 Å². The first-order valence-corrected chi connectivity index (χ1v) is 13.5. The number of rotatable bonds is 5. The van der Waals surface area contributed by atoms with Crippen molar-refractivity contribution in [2.75, 3.05) is 36.5 Å². The van der Waals surface area contributed by atoms with Crippen LogP contribution in [0.15, 0.2) is 91.5 Å². The molecule has 0 saturated carbocycles. The fourth-order valence-electron chi connectivity index (χ4n) is 4.44. The highest BCUT2D eigenvalue weighted by Crippen LogP contribution is 2.52. The first-order valence-electron chi connectivity index (χ1n) is 11.9. The van der Waals surface area contributed by atoms with Crippen molar-refractivity contribution in [3.8, 4) is 11.3 Å². The van der Waals surface area contributed by atoms with Crippen molar-refractivity contribution in [2.24, 2.45) is 0 Å². The van der Waals surface area contributed by atoms with Crippen molar-refractivity contribution in [3.05, 3.63) is 83.2 Å². The smallest absolute Gasteiger partial charge is 0.250 e. The minimum atomic E-state index is -0.0894. The molecule has 2 N–H and O–H groups in total. The van der Waals surface area contributed by atoms with Gasteiger partial charge in [-0.25, -0.2) is 0 Å². The van der Waals surface area contributed by atoms with Gasteiger partial charge < -0.3 is 19.9 Å². The molecule has 1 unspecified atom stereocenters. The van der Waals surface area contributed by atoms with Gasteiger partial charge in [0.2, 0.25) is 5.56 Å². The maximum Gasteiger partial charge on any atom is 0.250 e. The second kappa shape index (κ2) is 10.0. The van der Waals surface area contributed by atoms with Crippen molar-refractivity contribution in [2.45, 2.75) is 32.5 Å². The Hall–Kier alpha value is -3.27. The highest BCUT2D eigenvalue weighted by molar-refractivity contribution is 8.05. The van der Waals surface area contributed by atoms with Gasteiger partial charge in [0.1, 0.15) is 0 Å². The maximum absolute atomic E-state index is 12.6. The van der Waals surface area contributed by atoms with E-state index in [4.69, 9.17) is 4.74 Å². The Kier molecular flexibility index (Phi) is 6.43. The zero-order valence-corrected chi connectivity index (χ0v) is 21.4. The second-order valence-electron chi connectivity index (χ2n) is 8.71. The number of hydrogen-bond acceptors (Lipinski definition) is 8. The van der Waals surface area contributed by atoms with Gasteiger partial charge in [-0.05, 0) is 37.3 Å². The van der Waals surface area contributed by atoms with E-state index in [-0.39, 0.29) is 11.6 Å². The lowest BCUT2D eigenvalue weighted by Crippen LogP contribution is -2.36. The van der Waals surface area contributed by atoms with Crippen LogP contribution in [-0.2, 0) is 4.74 Å². The van der Waals surface area contributed by atoms with Crippen LogP contribution >= 0.6 is 23.5 Å². The average molecular weight is 516 g/mol. The molecule has 0 bridgehead atoms. The zero-order valence-electron chi connectivity index (χ0n) is 19.7. The van der Waals surface area contributed by atoms with Crippen molar-refractivity contribution in [1.82, 2.24) is 15.0 Å². The number of fused-ring (bicyclic) bond motifs is 2. The number of morpholine rings is 1. The van der Waals surface area contributed by atoms with Crippen LogP contribution in [0.25, 0.3) is 11.3 Å². The summed E-state index contributed by atoms with van der Waals surface area (Å²) in [7, 11) is 0. The quantitative estimate of drug-likeness (QED) is 0.319. The van der Waals surface area contributed by atoms with E-state index in [9.17, 15) is 4.79 Å². The molecular formula is C27H25N5O2S2. The lowest BCUT2D eigenvalue weighted by molar-refractivity contribution is 0.122. The first-order chi connectivity index (χ1) is 17.6. The summed E-state index contributed by atoms with van der Waals surface area (Å²) in [6.45, 7) is 5.03. The third-order valence-electron chi connectivity index (χ3n) is 6.26. The van der Waals surface area contributed by atoms with Gasteiger partial charge >= 0.3 is 0 Å². The third-order valence-corrected chi connectivity index (χ3v) is 8.86. The average Bonchev–Trinajstić information content (AvgIpc) is 2.92. The minimum absolute atomic E-state index is 0.0486. The lowest BCUT2D eigenvalue weighted by atomic mass is 10.1. The fourth-order valence-corrected chi connectivity index (χ4v) is 6.85. The summed E-state index contributed by atoms with van der Waals surface area (Å²) in [5.74, 6) is 0. The topological polar surface area (TPSA) is 83.1 Å². The molecule has 2 aromatic carbocycles. The normalized spacial score (nSPS) is 15.6. The standard InChI is InChI=1S/C27H25N5O2S2/c1-17(22-16-28-7-8-29-22)30-18-5-6-23-25(13-18)35-24-4-2-3-20(27(24)36-23)21-14-19(15-26(33)31-21)32-9-11-34-12-10-32/h2-8,13-17,30H,9-12H2,1H3,(H,31,33). The molecule has 0 amide bonds. The molecule has 36 heavy (non-hydrogen) atoms. The van der Waals surface area contributed by atoms with Gasteiger partial charge in [0, 0.05) is 68.1 Å². The molecule has 1 fully saturated rings. The summed E-state index contributed by atoms with van der Waals surface area (Å²) >= 11 is 3.51. The van der Waals surface area contributed by atoms with E-state index in [1.54, 1.807) is 48.2 Å². The molecule has 2 aliphatic heterocycles. The number of nitrogens with one attached hydrogen (secondary N) is 2. The Morgan fingerprint density at radius 3 is 2.75 bits per heavy atom. The second-order valence-corrected chi connectivity index (χ2v) is 10.8. The highest BCUT2D eigenvalue weighted by Gasteiger charge is 2.22. The number of ether oxygens (including phenoxy) is 1. The zero-order chi connectivity index (χ0) is 24.5. The Balaban J connectivity index is 1.28. The molecule has 9 heteroatoms. The van der Waals surface area contributed by atoms with E-state index >= 15 is 0 Å². The van der Waals surface area contributed by atoms with Gasteiger partial charge in [0.05, 0.1) is 36.8 Å². The summed E-state index contributed by atoms with van der Waals surface area (Å²) in [6, 6.07) is 16.6. The number of benzene rings is 2. The minimum Gasteiger partial charge on any atom is -0.378 e. The molecule has 4 aromatic rings. The van der Waals surface area contributed by atoms with E-state index in [1.165, 1.54) is 19.6 Å². The van der Waals surface area contributed by atoms with Crippen LogP contribution in [0.3, 0.4) is 0 Å². The molecule has 2 aliphatic rings. The predicted molar refractivity (Wildman–Crippen MR) is 144 cm³/mol. The molecule has 4 heterocycles. The molecule has 1 saturated heterocycles. The maximum atomic E-state index is 12.6. The van der Waals surface area contributed by atoms with Crippen molar-refractivity contribution >= 4 is 34.9 Å². The molecule has 0 spiro atoms. The molecule has 0 radical (unpaired) electrons. The predicted octanol–water partition coefficient (Wildman–Crippen LogP) is 5.46. The van der Waals surface area contributed by atoms with E-state index in [0.29, 0.717) is 13.2 Å². The van der Waals surface area contributed by atoms with Crippen molar-refractivity contribution < 1.29 is 4.74 Å². The van der Waals surface area contributed by atoms with Crippen LogP contribution in [0, 0.1) is 0 Å². The molecular weight excluding hydrogens is 490 g/mol. The molecule has 1 atom stereocenters. The van der Waals surface area contributed by atoms with Crippen LogP contribution < -0.4 is 15.8 Å². The number of aromatic amines is 1. The first kappa shape index (κ1) is 23.1. The summed E-state index contributed by atoms with van der Waals surface area (Å²) in [5.41, 5.74) is 4.68. The van der Waals surface area contributed by atoms with Crippen molar-refractivity contribution in [3.63, 3.8) is 0 Å². The van der Waals surface area contributed by atoms with Crippen LogP contribution in [-0.4, -0.2) is 41.3 Å². The van der Waals surface area contributed by atoms with Crippen LogP contribution in [0.1, 0.15) is 18.7 Å². The Morgan fingerprint density at radius 1 is 1.03 bits per heavy atom. The summed E-state index contributed by atoms with van der Waals surface area (Å²) in [4.78, 5) is 31.2. The molecule has 6 rings (SSSR count). The van der Waals surface area contributed by atoms with Gasteiger partial charge in [0.15, 0.2) is 0 Å². The largest absolute Gasteiger partial charge is 0.378 e. The fraction of sp³-hybridized carbons (Fsp3) is 0.222. The van der Waals surface area contributed by atoms with Gasteiger partial charge in [0.25, 0.3) is 0 Å². The third kappa shape index (κ3) is 4.74. The number of hydrogen-bond donors (Lipinski definition) is 2. The van der Waals surface area contributed by atoms with Crippen molar-refractivity contribution in [1.29, 1.82) is 0 Å². The lowest BCUT2D eigenvalue weighted by Gasteiger charge is -2.29. The van der Waals surface area contributed by atoms with Gasteiger partial charge in [-0.15, -0.1) is 0 Å². The Labute approximate surface area is 217 Å². The van der Waals surface area contributed by atoms with Crippen LogP contribution in [0.4, 0.5) is 11.4 Å². The van der Waals surface area contributed by atoms with E-state index < -0.39 is 0 Å². The SMILES string of the molecule is CC(Nc1ccc2c(c1)Sc1cccc(-c3cc(N4CCOCC4)cc(=O)[nH]3)c1S2)c1cnccn1. The summed E-state index contributed by atoms with van der Waals surface area (Å²) in [5, 5.41) is 3.53. The van der Waals surface area contributed by atoms with Gasteiger partial charge in [-0.1, -0.05) is 35.7 Å². The number of pyridine rings is 1. The summed E-state index contributed by atoms with van der Waals surface area (Å²) < 4.78 is 5.48. The van der Waals surface area contributed by atoms with E-state index in [0.717, 1.165) is 41.4 Å². The van der Waals surface area contributed by atoms with E-state index in [2.05, 4.69) is 74.6 Å². The van der Waals surface area contributed by atoms with Crippen LogP contribution in [0.2, 0.25) is 0 Å². The van der Waals surface area contributed by atoms with E-state index in [1.807, 2.05) is 0 Å². The molecule has 2 aromatic heterocycles. The Morgan fingerprint density at radius 2 is 1.92 bits per heavy atom. The summed E-state index contributed by atoms with van der Waals surface area (Å²) in [6.07, 6.45) is 5.19. The monoisotopic (exact) mass is 515 g/mol. The molecule has 7 nitrogen and oxygen atoms in total. The highest BCUT2D eigenvalue weighted by atomic mass is 32.2. The Bertz CT molecular complexity index is 1450. The number of aromatic nitrogens is 3. The number of H-pyrrole nitrogens is 1.